The van der Waals surface area contributed by atoms with Crippen molar-refractivity contribution < 1.29 is 33.9 Å². The molecule has 2 aliphatic rings. The average Bonchev–Trinajstić information content (AvgIpc) is 3.45. The van der Waals surface area contributed by atoms with Crippen molar-refractivity contribution in [3.63, 3.8) is 0 Å². The summed E-state index contributed by atoms with van der Waals surface area (Å²) in [6, 6.07) is -3.13. The first-order chi connectivity index (χ1) is 16.2. The zero-order chi connectivity index (χ0) is 26.7. The predicted octanol–water partition coefficient (Wildman–Crippen LogP) is -2.00. The van der Waals surface area contributed by atoms with Crippen LogP contribution in [0.5, 0.6) is 0 Å². The second kappa shape index (κ2) is 11.0. The fourth-order valence-corrected chi connectivity index (χ4v) is 4.29. The molecule has 35 heavy (non-hydrogen) atoms. The normalized spacial score (nSPS) is 22.4. The number of hydrogen-bond donors (Lipinski definition) is 4. The van der Waals surface area contributed by atoms with Gasteiger partial charge in [-0.15, -0.1) is 0 Å². The van der Waals surface area contributed by atoms with Gasteiger partial charge in [-0.1, -0.05) is 0 Å². The van der Waals surface area contributed by atoms with Crippen LogP contribution in [0.2, 0.25) is 0 Å². The SMILES string of the molecule is CC(=O)N1CCC[C@H]1C(=O)N[C@@H](C)C(=O)N1CCC[C@H]1C(=O)NN(C(=O)C(C)(O)C(N)=O)C(C)C. The molecule has 2 saturated heterocycles. The van der Waals surface area contributed by atoms with Crippen LogP contribution in [0.15, 0.2) is 0 Å². The molecule has 0 bridgehead atoms. The minimum atomic E-state index is -2.53. The van der Waals surface area contributed by atoms with Crippen LogP contribution in [0.3, 0.4) is 0 Å². The Morgan fingerprint density at radius 1 is 0.971 bits per heavy atom. The largest absolute Gasteiger partial charge is 0.372 e. The van der Waals surface area contributed by atoms with E-state index in [2.05, 4.69) is 10.7 Å². The van der Waals surface area contributed by atoms with Gasteiger partial charge in [-0.2, -0.15) is 0 Å². The van der Waals surface area contributed by atoms with E-state index in [1.807, 2.05) is 0 Å². The topological polar surface area (TPSA) is 182 Å². The standard InChI is InChI=1S/C22H36N6O7/c1-12(2)28(21(34)22(5,35)20(23)33)25-18(31)16-9-7-11-27(16)19(32)13(3)24-17(30)15-8-6-10-26(15)14(4)29/h12-13,15-16,35H,6-11H2,1-5H3,(H2,23,33)(H,24,30)(H,25,31)/t13-,15-,16-,22?/m0/s1. The molecule has 2 fully saturated rings. The van der Waals surface area contributed by atoms with Gasteiger partial charge in [0.15, 0.2) is 0 Å². The van der Waals surface area contributed by atoms with E-state index < -0.39 is 59.3 Å². The number of carbonyl (C=O) groups is 6. The Labute approximate surface area is 204 Å². The fourth-order valence-electron chi connectivity index (χ4n) is 4.29. The average molecular weight is 497 g/mol. The van der Waals surface area contributed by atoms with Crippen molar-refractivity contribution in [2.45, 2.75) is 90.1 Å². The van der Waals surface area contributed by atoms with Gasteiger partial charge >= 0.3 is 0 Å². The van der Waals surface area contributed by atoms with Gasteiger partial charge in [-0.3, -0.25) is 34.2 Å². The molecular formula is C22H36N6O7. The number of likely N-dealkylation sites (tertiary alicyclic amines) is 2. The number of carbonyl (C=O) groups excluding carboxylic acids is 6. The smallest absolute Gasteiger partial charge is 0.282 e. The number of hydrogen-bond acceptors (Lipinski definition) is 7. The van der Waals surface area contributed by atoms with E-state index in [1.165, 1.54) is 23.6 Å². The molecule has 4 atom stereocenters. The summed E-state index contributed by atoms with van der Waals surface area (Å²) in [6.07, 6.45) is 2.06. The first-order valence-electron chi connectivity index (χ1n) is 11.7. The first kappa shape index (κ1) is 28.0. The maximum atomic E-state index is 13.1. The van der Waals surface area contributed by atoms with Crippen molar-refractivity contribution in [2.24, 2.45) is 5.73 Å². The molecule has 0 radical (unpaired) electrons. The van der Waals surface area contributed by atoms with Crippen molar-refractivity contribution in [3.05, 3.63) is 0 Å². The van der Waals surface area contributed by atoms with Crippen molar-refractivity contribution in [1.82, 2.24) is 25.6 Å². The van der Waals surface area contributed by atoms with Crippen LogP contribution in [0.25, 0.3) is 0 Å². The predicted molar refractivity (Wildman–Crippen MR) is 123 cm³/mol. The van der Waals surface area contributed by atoms with Gasteiger partial charge in [0.25, 0.3) is 17.7 Å². The van der Waals surface area contributed by atoms with E-state index in [1.54, 1.807) is 13.8 Å². The third-order valence-electron chi connectivity index (χ3n) is 6.39. The molecule has 2 heterocycles. The summed E-state index contributed by atoms with van der Waals surface area (Å²) in [5.74, 6) is -4.15. The highest BCUT2D eigenvalue weighted by atomic mass is 16.3. The third-order valence-corrected chi connectivity index (χ3v) is 6.39. The molecule has 6 amide bonds. The first-order valence-corrected chi connectivity index (χ1v) is 11.7. The minimum absolute atomic E-state index is 0.211. The molecule has 196 valence electrons. The molecule has 0 aromatic heterocycles. The number of amides is 6. The van der Waals surface area contributed by atoms with Crippen molar-refractivity contribution in [1.29, 1.82) is 0 Å². The minimum Gasteiger partial charge on any atom is -0.372 e. The van der Waals surface area contributed by atoms with Gasteiger partial charge in [-0.25, -0.2) is 5.01 Å². The lowest BCUT2D eigenvalue weighted by Crippen LogP contribution is -2.63. The van der Waals surface area contributed by atoms with Gasteiger partial charge in [0.2, 0.25) is 23.3 Å². The van der Waals surface area contributed by atoms with E-state index in [4.69, 9.17) is 5.73 Å². The molecule has 0 aliphatic carbocycles. The maximum Gasteiger partial charge on any atom is 0.282 e. The van der Waals surface area contributed by atoms with Crippen LogP contribution in [0.1, 0.15) is 60.3 Å². The van der Waals surface area contributed by atoms with Crippen LogP contribution < -0.4 is 16.5 Å². The van der Waals surface area contributed by atoms with Crippen LogP contribution >= 0.6 is 0 Å². The van der Waals surface area contributed by atoms with Crippen molar-refractivity contribution >= 4 is 35.4 Å². The summed E-state index contributed by atoms with van der Waals surface area (Å²) in [6.45, 7) is 7.73. The Balaban J connectivity index is 2.08. The monoisotopic (exact) mass is 496 g/mol. The summed E-state index contributed by atoms with van der Waals surface area (Å²) < 4.78 is 0. The summed E-state index contributed by atoms with van der Waals surface area (Å²) in [4.78, 5) is 77.5. The number of nitrogens with two attached hydrogens (primary N) is 1. The van der Waals surface area contributed by atoms with E-state index in [9.17, 15) is 33.9 Å². The molecule has 2 aliphatic heterocycles. The van der Waals surface area contributed by atoms with E-state index in [0.717, 1.165) is 11.9 Å². The Bertz CT molecular complexity index is 890. The molecule has 0 aromatic carbocycles. The van der Waals surface area contributed by atoms with Gasteiger partial charge in [0, 0.05) is 26.1 Å². The number of aliphatic hydroxyl groups is 1. The summed E-state index contributed by atoms with van der Waals surface area (Å²) in [5, 5.41) is 13.6. The van der Waals surface area contributed by atoms with Crippen LogP contribution in [-0.2, 0) is 28.8 Å². The maximum absolute atomic E-state index is 13.1. The third kappa shape index (κ3) is 6.08. The Kier molecular flexibility index (Phi) is 8.82. The summed E-state index contributed by atoms with van der Waals surface area (Å²) in [7, 11) is 0. The number of hydrazine groups is 1. The molecule has 2 rings (SSSR count). The Morgan fingerprint density at radius 2 is 1.49 bits per heavy atom. The van der Waals surface area contributed by atoms with Crippen molar-refractivity contribution in [2.75, 3.05) is 13.1 Å². The van der Waals surface area contributed by atoms with E-state index in [-0.39, 0.29) is 12.5 Å². The lowest BCUT2D eigenvalue weighted by Gasteiger charge is -2.34. The quantitative estimate of drug-likeness (QED) is 0.232. The highest BCUT2D eigenvalue weighted by Crippen LogP contribution is 2.21. The highest BCUT2D eigenvalue weighted by Gasteiger charge is 2.44. The van der Waals surface area contributed by atoms with E-state index in [0.29, 0.717) is 32.2 Å². The Morgan fingerprint density at radius 3 is 1.97 bits per heavy atom. The lowest BCUT2D eigenvalue weighted by atomic mass is 10.0. The molecule has 1 unspecified atom stereocenters. The zero-order valence-electron chi connectivity index (χ0n) is 20.9. The second-order valence-corrected chi connectivity index (χ2v) is 9.47. The van der Waals surface area contributed by atoms with Gasteiger partial charge < -0.3 is 26.0 Å². The van der Waals surface area contributed by atoms with Gasteiger partial charge in [0.1, 0.15) is 18.1 Å². The van der Waals surface area contributed by atoms with Gasteiger partial charge in [0.05, 0.1) is 0 Å². The van der Waals surface area contributed by atoms with Crippen LogP contribution in [0, 0.1) is 0 Å². The van der Waals surface area contributed by atoms with Crippen molar-refractivity contribution in [3.8, 4) is 0 Å². The number of nitrogens with zero attached hydrogens (tertiary/aromatic N) is 3. The van der Waals surface area contributed by atoms with Crippen LogP contribution in [-0.4, -0.2) is 98.2 Å². The van der Waals surface area contributed by atoms with E-state index >= 15 is 0 Å². The number of primary amides is 1. The molecule has 13 nitrogen and oxygen atoms in total. The fraction of sp³-hybridized carbons (Fsp3) is 0.727. The molecule has 0 spiro atoms. The molecule has 5 N–H and O–H groups in total. The summed E-state index contributed by atoms with van der Waals surface area (Å²) in [5.41, 5.74) is 4.98. The molecule has 0 aromatic rings. The lowest BCUT2D eigenvalue weighted by molar-refractivity contribution is -0.165. The van der Waals surface area contributed by atoms with Gasteiger partial charge in [-0.05, 0) is 53.4 Å². The number of rotatable bonds is 7. The second-order valence-electron chi connectivity index (χ2n) is 9.47. The molecule has 0 saturated carbocycles. The molecular weight excluding hydrogens is 460 g/mol. The Hall–Kier alpha value is -3.22. The number of nitrogens with one attached hydrogen (secondary N) is 2. The highest BCUT2D eigenvalue weighted by molar-refractivity contribution is 6.07. The summed E-state index contributed by atoms with van der Waals surface area (Å²) >= 11 is 0. The zero-order valence-corrected chi connectivity index (χ0v) is 20.9. The molecule has 13 heteroatoms. The van der Waals surface area contributed by atoms with Crippen LogP contribution in [0.4, 0.5) is 0 Å².